The Morgan fingerprint density at radius 2 is 2.08 bits per heavy atom. The van der Waals surface area contributed by atoms with Crippen molar-refractivity contribution < 1.29 is 19.0 Å². The quantitative estimate of drug-likeness (QED) is 0.678. The third-order valence-corrected chi connectivity index (χ3v) is 3.62. The van der Waals surface area contributed by atoms with E-state index in [0.717, 1.165) is 0 Å². The molecule has 0 aliphatic heterocycles. The maximum atomic E-state index is 14.0. The van der Waals surface area contributed by atoms with Gasteiger partial charge in [0.2, 0.25) is 0 Å². The van der Waals surface area contributed by atoms with E-state index in [1.807, 2.05) is 0 Å². The smallest absolute Gasteiger partial charge is 0.411 e. The molecule has 3 rings (SSSR count). The summed E-state index contributed by atoms with van der Waals surface area (Å²) >= 11 is 0. The first kappa shape index (κ1) is 16.5. The second-order valence-corrected chi connectivity index (χ2v) is 5.29. The van der Waals surface area contributed by atoms with Crippen molar-refractivity contribution in [3.8, 4) is 17.0 Å². The molecule has 0 bridgehead atoms. The van der Waals surface area contributed by atoms with Crippen molar-refractivity contribution in [1.82, 2.24) is 4.98 Å². The highest BCUT2D eigenvalue weighted by atomic mass is 19.1. The van der Waals surface area contributed by atoms with Crippen LogP contribution in [0.1, 0.15) is 6.92 Å². The molecule has 0 spiro atoms. The fourth-order valence-electron chi connectivity index (χ4n) is 2.53. The molecule has 0 fully saturated rings. The van der Waals surface area contributed by atoms with Gasteiger partial charge >= 0.3 is 6.09 Å². The number of aromatic amines is 1. The minimum absolute atomic E-state index is 0.0696. The number of carbonyl (C=O) groups excluding carboxylic acids is 1. The summed E-state index contributed by atoms with van der Waals surface area (Å²) in [6.45, 7) is 1.84. The normalized spacial score (nSPS) is 10.6. The van der Waals surface area contributed by atoms with Crippen LogP contribution in [-0.4, -0.2) is 22.8 Å². The second kappa shape index (κ2) is 6.64. The molecule has 25 heavy (non-hydrogen) atoms. The molecule has 6 nitrogen and oxygen atoms in total. The van der Waals surface area contributed by atoms with E-state index in [0.29, 0.717) is 11.3 Å². The van der Waals surface area contributed by atoms with E-state index in [1.165, 1.54) is 42.5 Å². The Bertz CT molecular complexity index is 1010. The van der Waals surface area contributed by atoms with E-state index in [2.05, 4.69) is 10.3 Å². The Morgan fingerprint density at radius 1 is 1.28 bits per heavy atom. The van der Waals surface area contributed by atoms with Crippen LogP contribution in [0, 0.1) is 5.82 Å². The molecule has 7 heteroatoms. The van der Waals surface area contributed by atoms with Crippen LogP contribution in [0.4, 0.5) is 14.9 Å². The number of amides is 1. The van der Waals surface area contributed by atoms with Crippen LogP contribution in [-0.2, 0) is 4.74 Å². The Balaban J connectivity index is 2.16. The Labute approximate surface area is 141 Å². The van der Waals surface area contributed by atoms with Gasteiger partial charge in [0.15, 0.2) is 5.43 Å². The number of pyridine rings is 1. The third-order valence-electron chi connectivity index (χ3n) is 3.62. The minimum Gasteiger partial charge on any atom is -0.508 e. The first-order valence-corrected chi connectivity index (χ1v) is 7.58. The van der Waals surface area contributed by atoms with Gasteiger partial charge in [0, 0.05) is 23.1 Å². The van der Waals surface area contributed by atoms with E-state index in [-0.39, 0.29) is 34.4 Å². The fraction of sp³-hybridized carbons (Fsp3) is 0.111. The van der Waals surface area contributed by atoms with Crippen molar-refractivity contribution in [2.75, 3.05) is 11.9 Å². The maximum absolute atomic E-state index is 14.0. The van der Waals surface area contributed by atoms with Crippen LogP contribution >= 0.6 is 0 Å². The Hall–Kier alpha value is -3.35. The molecule has 0 saturated heterocycles. The van der Waals surface area contributed by atoms with E-state index in [9.17, 15) is 19.1 Å². The number of phenolic OH excluding ortho intramolecular Hbond substituents is 1. The van der Waals surface area contributed by atoms with Gasteiger partial charge in [-0.3, -0.25) is 10.1 Å². The molecule has 0 unspecified atom stereocenters. The molecule has 0 radical (unpaired) electrons. The number of benzene rings is 2. The number of phenols is 1. The van der Waals surface area contributed by atoms with E-state index in [1.54, 1.807) is 6.92 Å². The number of aromatic nitrogens is 1. The molecule has 1 aromatic heterocycles. The number of fused-ring (bicyclic) bond motifs is 1. The zero-order chi connectivity index (χ0) is 18.0. The number of hydrogen-bond acceptors (Lipinski definition) is 4. The fourth-order valence-corrected chi connectivity index (χ4v) is 2.53. The van der Waals surface area contributed by atoms with Crippen LogP contribution in [0.2, 0.25) is 0 Å². The van der Waals surface area contributed by atoms with Crippen molar-refractivity contribution in [2.45, 2.75) is 6.92 Å². The number of para-hydroxylation sites is 1. The molecule has 0 atom stereocenters. The summed E-state index contributed by atoms with van der Waals surface area (Å²) in [5.41, 5.74) is 0.644. The lowest BCUT2D eigenvalue weighted by molar-refractivity contribution is 0.168. The molecule has 3 N–H and O–H groups in total. The van der Waals surface area contributed by atoms with Crippen LogP contribution < -0.4 is 10.7 Å². The molecule has 1 amide bonds. The number of carbonyl (C=O) groups is 1. The van der Waals surface area contributed by atoms with Crippen molar-refractivity contribution in [1.29, 1.82) is 0 Å². The standard InChI is InChI=1S/C18H15FN2O4/c1-2-25-18(24)21-14-8-10(22)6-7-11(14)15-9-16(23)12-4-3-5-13(19)17(12)20-15/h3-9,22H,2H2,1H3,(H,20,23)(H,21,24). The highest BCUT2D eigenvalue weighted by Gasteiger charge is 2.13. The molecule has 2 aromatic carbocycles. The van der Waals surface area contributed by atoms with Crippen LogP contribution in [0.3, 0.4) is 0 Å². The summed E-state index contributed by atoms with van der Waals surface area (Å²) in [5, 5.41) is 12.4. The third kappa shape index (κ3) is 3.30. The van der Waals surface area contributed by atoms with Crippen LogP contribution in [0.25, 0.3) is 22.2 Å². The summed E-state index contributed by atoms with van der Waals surface area (Å²) in [6, 6.07) is 9.76. The zero-order valence-corrected chi connectivity index (χ0v) is 13.3. The molecule has 3 aromatic rings. The number of rotatable bonds is 3. The highest BCUT2D eigenvalue weighted by molar-refractivity contribution is 5.92. The second-order valence-electron chi connectivity index (χ2n) is 5.29. The number of hydrogen-bond donors (Lipinski definition) is 3. The van der Waals surface area contributed by atoms with Crippen molar-refractivity contribution >= 4 is 22.7 Å². The number of H-pyrrole nitrogens is 1. The Kier molecular flexibility index (Phi) is 4.38. The number of anilines is 1. The van der Waals surface area contributed by atoms with E-state index >= 15 is 0 Å². The lowest BCUT2D eigenvalue weighted by Crippen LogP contribution is -2.14. The first-order chi connectivity index (χ1) is 12.0. The summed E-state index contributed by atoms with van der Waals surface area (Å²) in [5.74, 6) is -0.639. The van der Waals surface area contributed by atoms with Crippen LogP contribution in [0.15, 0.2) is 47.3 Å². The van der Waals surface area contributed by atoms with Crippen molar-refractivity contribution in [3.05, 3.63) is 58.5 Å². The van der Waals surface area contributed by atoms with Gasteiger partial charge in [-0.05, 0) is 31.2 Å². The topological polar surface area (TPSA) is 91.4 Å². The van der Waals surface area contributed by atoms with Crippen molar-refractivity contribution in [2.24, 2.45) is 0 Å². The minimum atomic E-state index is -0.705. The summed E-state index contributed by atoms with van der Waals surface area (Å²) in [6.07, 6.45) is -0.705. The first-order valence-electron chi connectivity index (χ1n) is 7.58. The zero-order valence-electron chi connectivity index (χ0n) is 13.3. The molecule has 128 valence electrons. The largest absolute Gasteiger partial charge is 0.508 e. The van der Waals surface area contributed by atoms with E-state index < -0.39 is 11.9 Å². The average molecular weight is 342 g/mol. The van der Waals surface area contributed by atoms with Crippen LogP contribution in [0.5, 0.6) is 5.75 Å². The Morgan fingerprint density at radius 3 is 2.84 bits per heavy atom. The van der Waals surface area contributed by atoms with Crippen molar-refractivity contribution in [3.63, 3.8) is 0 Å². The predicted molar refractivity (Wildman–Crippen MR) is 92.3 cm³/mol. The highest BCUT2D eigenvalue weighted by Crippen LogP contribution is 2.30. The lowest BCUT2D eigenvalue weighted by Gasteiger charge is -2.12. The maximum Gasteiger partial charge on any atom is 0.411 e. The van der Waals surface area contributed by atoms with Gasteiger partial charge in [0.25, 0.3) is 0 Å². The molecule has 0 saturated carbocycles. The number of halogens is 1. The summed E-state index contributed by atoms with van der Waals surface area (Å²) < 4.78 is 18.9. The summed E-state index contributed by atoms with van der Waals surface area (Å²) in [7, 11) is 0. The number of ether oxygens (including phenoxy) is 1. The molecule has 0 aliphatic carbocycles. The molecule has 0 aliphatic rings. The van der Waals surface area contributed by atoms with Gasteiger partial charge in [-0.15, -0.1) is 0 Å². The number of aromatic hydroxyl groups is 1. The average Bonchev–Trinajstić information content (AvgIpc) is 2.56. The van der Waals surface area contributed by atoms with Gasteiger partial charge in [-0.2, -0.15) is 0 Å². The van der Waals surface area contributed by atoms with Gasteiger partial charge in [-0.1, -0.05) is 6.07 Å². The van der Waals surface area contributed by atoms with Gasteiger partial charge in [-0.25, -0.2) is 9.18 Å². The monoisotopic (exact) mass is 342 g/mol. The molecular weight excluding hydrogens is 327 g/mol. The van der Waals surface area contributed by atoms with Gasteiger partial charge < -0.3 is 14.8 Å². The lowest BCUT2D eigenvalue weighted by atomic mass is 10.1. The van der Waals surface area contributed by atoms with Gasteiger partial charge in [0.1, 0.15) is 11.6 Å². The molecule has 1 heterocycles. The molecular formula is C18H15FN2O4. The number of nitrogens with one attached hydrogen (secondary N) is 2. The predicted octanol–water partition coefficient (Wildman–Crippen LogP) is 3.61. The van der Waals surface area contributed by atoms with Gasteiger partial charge in [0.05, 0.1) is 23.5 Å². The SMILES string of the molecule is CCOC(=O)Nc1cc(O)ccc1-c1cc(=O)c2cccc(F)c2[nH]1. The van der Waals surface area contributed by atoms with E-state index in [4.69, 9.17) is 4.74 Å². The summed E-state index contributed by atoms with van der Waals surface area (Å²) in [4.78, 5) is 26.8.